The molecule has 1 aromatic carbocycles. The van der Waals surface area contributed by atoms with Gasteiger partial charge in [-0.3, -0.25) is 10.2 Å². The van der Waals surface area contributed by atoms with E-state index in [0.717, 1.165) is 0 Å². The molecular formula is C11H14N4O4. The van der Waals surface area contributed by atoms with Gasteiger partial charge in [0.1, 0.15) is 5.75 Å². The van der Waals surface area contributed by atoms with Gasteiger partial charge in [0, 0.05) is 19.7 Å². The SMILES string of the molecule is CNC(=O)NNC(=O)c1ccc(OC(=O)NC)cc1. The molecule has 0 aliphatic heterocycles. The van der Waals surface area contributed by atoms with E-state index in [9.17, 15) is 14.4 Å². The second-order valence-electron chi connectivity index (χ2n) is 3.32. The first-order valence-electron chi connectivity index (χ1n) is 5.34. The lowest BCUT2D eigenvalue weighted by molar-refractivity contribution is 0.0936. The van der Waals surface area contributed by atoms with Crippen molar-refractivity contribution >= 4 is 18.0 Å². The van der Waals surface area contributed by atoms with Gasteiger partial charge < -0.3 is 15.4 Å². The number of amides is 4. The van der Waals surface area contributed by atoms with Crippen molar-refractivity contribution in [3.8, 4) is 5.75 Å². The van der Waals surface area contributed by atoms with Crippen molar-refractivity contribution in [2.45, 2.75) is 0 Å². The first-order chi connectivity index (χ1) is 9.06. The zero-order valence-corrected chi connectivity index (χ0v) is 10.4. The average Bonchev–Trinajstić information content (AvgIpc) is 2.44. The van der Waals surface area contributed by atoms with Crippen LogP contribution in [0.25, 0.3) is 0 Å². The third-order valence-corrected chi connectivity index (χ3v) is 2.05. The molecule has 19 heavy (non-hydrogen) atoms. The van der Waals surface area contributed by atoms with E-state index in [4.69, 9.17) is 4.74 Å². The third-order valence-electron chi connectivity index (χ3n) is 2.05. The highest BCUT2D eigenvalue weighted by Gasteiger charge is 2.07. The van der Waals surface area contributed by atoms with Crippen LogP contribution in [0.1, 0.15) is 10.4 Å². The summed E-state index contributed by atoms with van der Waals surface area (Å²) in [5, 5.41) is 4.57. The summed E-state index contributed by atoms with van der Waals surface area (Å²) in [5.41, 5.74) is 4.65. The highest BCUT2D eigenvalue weighted by Crippen LogP contribution is 2.12. The summed E-state index contributed by atoms with van der Waals surface area (Å²) in [7, 11) is 2.86. The van der Waals surface area contributed by atoms with Crippen molar-refractivity contribution in [2.75, 3.05) is 14.1 Å². The first kappa shape index (κ1) is 14.3. The Labute approximate surface area is 109 Å². The molecular weight excluding hydrogens is 252 g/mol. The van der Waals surface area contributed by atoms with Crippen LogP contribution in [0.2, 0.25) is 0 Å². The summed E-state index contributed by atoms with van der Waals surface area (Å²) < 4.78 is 4.85. The molecule has 0 unspecified atom stereocenters. The second kappa shape index (κ2) is 6.84. The quantitative estimate of drug-likeness (QED) is 0.564. The number of nitrogens with one attached hydrogen (secondary N) is 4. The van der Waals surface area contributed by atoms with Gasteiger partial charge >= 0.3 is 12.1 Å². The maximum absolute atomic E-state index is 11.6. The fraction of sp³-hybridized carbons (Fsp3) is 0.182. The first-order valence-corrected chi connectivity index (χ1v) is 5.34. The van der Waals surface area contributed by atoms with E-state index in [1.165, 1.54) is 38.4 Å². The number of ether oxygens (including phenoxy) is 1. The van der Waals surface area contributed by atoms with Crippen molar-refractivity contribution in [1.82, 2.24) is 21.5 Å². The highest BCUT2D eigenvalue weighted by atomic mass is 16.5. The van der Waals surface area contributed by atoms with Crippen LogP contribution in [0.4, 0.5) is 9.59 Å². The second-order valence-corrected chi connectivity index (χ2v) is 3.32. The van der Waals surface area contributed by atoms with E-state index >= 15 is 0 Å². The Morgan fingerprint density at radius 1 is 0.947 bits per heavy atom. The monoisotopic (exact) mass is 266 g/mol. The lowest BCUT2D eigenvalue weighted by atomic mass is 10.2. The number of carbonyl (C=O) groups is 3. The molecule has 0 saturated heterocycles. The molecule has 4 amide bonds. The van der Waals surface area contributed by atoms with Crippen molar-refractivity contribution in [3.63, 3.8) is 0 Å². The van der Waals surface area contributed by atoms with E-state index in [1.54, 1.807) is 0 Å². The third kappa shape index (κ3) is 4.54. The number of hydrogen-bond donors (Lipinski definition) is 4. The summed E-state index contributed by atoms with van der Waals surface area (Å²) in [6.07, 6.45) is -0.599. The fourth-order valence-corrected chi connectivity index (χ4v) is 1.08. The number of hydrogen-bond acceptors (Lipinski definition) is 4. The lowest BCUT2D eigenvalue weighted by Crippen LogP contribution is -2.45. The summed E-state index contributed by atoms with van der Waals surface area (Å²) >= 11 is 0. The standard InChI is InChI=1S/C11H14N4O4/c1-12-10(17)15-14-9(16)7-3-5-8(6-4-7)19-11(18)13-2/h3-6H,1-2H3,(H,13,18)(H,14,16)(H2,12,15,17). The van der Waals surface area contributed by atoms with Crippen LogP contribution in [0.5, 0.6) is 5.75 Å². The van der Waals surface area contributed by atoms with Crippen molar-refractivity contribution in [3.05, 3.63) is 29.8 Å². The summed E-state index contributed by atoms with van der Waals surface area (Å²) in [6, 6.07) is 5.31. The summed E-state index contributed by atoms with van der Waals surface area (Å²) in [4.78, 5) is 33.4. The molecule has 0 bridgehead atoms. The molecule has 0 fully saturated rings. The number of carbonyl (C=O) groups excluding carboxylic acids is 3. The number of rotatable bonds is 2. The van der Waals surface area contributed by atoms with Crippen LogP contribution in [0.15, 0.2) is 24.3 Å². The van der Waals surface area contributed by atoms with E-state index < -0.39 is 18.0 Å². The van der Waals surface area contributed by atoms with Gasteiger partial charge in [0.15, 0.2) is 0 Å². The van der Waals surface area contributed by atoms with Gasteiger partial charge in [0.25, 0.3) is 5.91 Å². The Hall–Kier alpha value is -2.77. The fourth-order valence-electron chi connectivity index (χ4n) is 1.08. The topological polar surface area (TPSA) is 109 Å². The van der Waals surface area contributed by atoms with Crippen LogP contribution in [0.3, 0.4) is 0 Å². The molecule has 0 aliphatic rings. The van der Waals surface area contributed by atoms with E-state index in [-0.39, 0.29) is 0 Å². The van der Waals surface area contributed by atoms with Gasteiger partial charge in [-0.15, -0.1) is 0 Å². The maximum Gasteiger partial charge on any atom is 0.412 e. The molecule has 102 valence electrons. The molecule has 4 N–H and O–H groups in total. The smallest absolute Gasteiger partial charge is 0.410 e. The molecule has 0 aliphatic carbocycles. The molecule has 0 radical (unpaired) electrons. The Balaban J connectivity index is 2.58. The van der Waals surface area contributed by atoms with Crippen LogP contribution < -0.4 is 26.2 Å². The van der Waals surface area contributed by atoms with Crippen LogP contribution in [-0.4, -0.2) is 32.1 Å². The molecule has 1 rings (SSSR count). The average molecular weight is 266 g/mol. The van der Waals surface area contributed by atoms with Crippen LogP contribution in [-0.2, 0) is 0 Å². The summed E-state index contributed by atoms with van der Waals surface area (Å²) in [6.45, 7) is 0. The maximum atomic E-state index is 11.6. The molecule has 8 heteroatoms. The van der Waals surface area contributed by atoms with E-state index in [0.29, 0.717) is 11.3 Å². The Morgan fingerprint density at radius 3 is 2.11 bits per heavy atom. The van der Waals surface area contributed by atoms with Crippen LogP contribution in [0, 0.1) is 0 Å². The van der Waals surface area contributed by atoms with Crippen molar-refractivity contribution < 1.29 is 19.1 Å². The van der Waals surface area contributed by atoms with Gasteiger partial charge in [0.05, 0.1) is 0 Å². The van der Waals surface area contributed by atoms with Gasteiger partial charge in [-0.2, -0.15) is 0 Å². The molecule has 0 heterocycles. The van der Waals surface area contributed by atoms with Gasteiger partial charge in [-0.25, -0.2) is 15.0 Å². The van der Waals surface area contributed by atoms with Gasteiger partial charge in [0.2, 0.25) is 0 Å². The minimum absolute atomic E-state index is 0.301. The molecule has 0 spiro atoms. The largest absolute Gasteiger partial charge is 0.412 e. The van der Waals surface area contributed by atoms with E-state index in [1.807, 2.05) is 0 Å². The predicted molar refractivity (Wildman–Crippen MR) is 66.6 cm³/mol. The number of benzene rings is 1. The normalized spacial score (nSPS) is 9.16. The number of hydrazine groups is 1. The zero-order valence-electron chi connectivity index (χ0n) is 10.4. The molecule has 0 saturated carbocycles. The van der Waals surface area contributed by atoms with E-state index in [2.05, 4.69) is 21.5 Å². The van der Waals surface area contributed by atoms with Gasteiger partial charge in [-0.05, 0) is 24.3 Å². The molecule has 1 aromatic rings. The zero-order chi connectivity index (χ0) is 14.3. The number of urea groups is 1. The summed E-state index contributed by atoms with van der Waals surface area (Å²) in [5.74, 6) is -0.190. The Bertz CT molecular complexity index is 472. The van der Waals surface area contributed by atoms with Crippen molar-refractivity contribution in [1.29, 1.82) is 0 Å². The minimum atomic E-state index is -0.599. The Kier molecular flexibility index (Phi) is 5.15. The molecule has 0 aromatic heterocycles. The predicted octanol–water partition coefficient (Wildman–Crippen LogP) is -0.0214. The highest BCUT2D eigenvalue weighted by molar-refractivity contribution is 5.95. The minimum Gasteiger partial charge on any atom is -0.410 e. The van der Waals surface area contributed by atoms with Gasteiger partial charge in [-0.1, -0.05) is 0 Å². The van der Waals surface area contributed by atoms with Crippen molar-refractivity contribution in [2.24, 2.45) is 0 Å². The Morgan fingerprint density at radius 2 is 1.58 bits per heavy atom. The van der Waals surface area contributed by atoms with Crippen LogP contribution >= 0.6 is 0 Å². The lowest BCUT2D eigenvalue weighted by Gasteiger charge is -2.07. The molecule has 0 atom stereocenters. The molecule has 8 nitrogen and oxygen atoms in total.